The van der Waals surface area contributed by atoms with Crippen molar-refractivity contribution in [2.45, 2.75) is 6.42 Å². The molecule has 0 unspecified atom stereocenters. The Balaban J connectivity index is 1.86. The molecule has 0 bridgehead atoms. The van der Waals surface area contributed by atoms with Crippen molar-refractivity contribution in [3.8, 4) is 5.75 Å². The minimum Gasteiger partial charge on any atom is -0.497 e. The van der Waals surface area contributed by atoms with Gasteiger partial charge in [0.15, 0.2) is 5.82 Å². The molecule has 0 aliphatic carbocycles. The Labute approximate surface area is 149 Å². The summed E-state index contributed by atoms with van der Waals surface area (Å²) in [6, 6.07) is 15.3. The van der Waals surface area contributed by atoms with Crippen LogP contribution in [0.4, 0.5) is 0 Å². The van der Waals surface area contributed by atoms with Crippen LogP contribution in [0.1, 0.15) is 17.0 Å². The number of hydrogen-bond donors (Lipinski definition) is 1. The molecule has 1 heterocycles. The van der Waals surface area contributed by atoms with E-state index in [0.29, 0.717) is 22.0 Å². The molecule has 0 spiro atoms. The molecule has 0 fully saturated rings. The molecule has 24 heavy (non-hydrogen) atoms. The van der Waals surface area contributed by atoms with E-state index in [1.54, 1.807) is 18.0 Å². The molecule has 0 aliphatic heterocycles. The lowest BCUT2D eigenvalue weighted by Crippen LogP contribution is -2.00. The van der Waals surface area contributed by atoms with Crippen molar-refractivity contribution in [2.24, 2.45) is 5.10 Å². The molecule has 3 aromatic rings. The first kappa shape index (κ1) is 16.4. The summed E-state index contributed by atoms with van der Waals surface area (Å²) in [4.78, 5) is 0. The van der Waals surface area contributed by atoms with Crippen molar-refractivity contribution in [3.05, 3.63) is 75.3 Å². The molecule has 3 rings (SSSR count). The van der Waals surface area contributed by atoms with Crippen LogP contribution in [0, 0.1) is 4.77 Å². The molecule has 0 saturated carbocycles. The van der Waals surface area contributed by atoms with Gasteiger partial charge in [-0.05, 0) is 36.0 Å². The van der Waals surface area contributed by atoms with E-state index in [1.807, 2.05) is 48.5 Å². The Bertz CT molecular complexity index is 915. The quantitative estimate of drug-likeness (QED) is 0.552. The molecule has 122 valence electrons. The lowest BCUT2D eigenvalue weighted by Gasteiger charge is -2.03. The van der Waals surface area contributed by atoms with Gasteiger partial charge < -0.3 is 4.74 Å². The van der Waals surface area contributed by atoms with Crippen molar-refractivity contribution in [2.75, 3.05) is 7.11 Å². The number of halogens is 1. The zero-order valence-electron chi connectivity index (χ0n) is 12.9. The van der Waals surface area contributed by atoms with E-state index in [9.17, 15) is 0 Å². The summed E-state index contributed by atoms with van der Waals surface area (Å²) < 4.78 is 7.20. The summed E-state index contributed by atoms with van der Waals surface area (Å²) in [6.07, 6.45) is 2.27. The minimum atomic E-state index is 0.432. The van der Waals surface area contributed by atoms with Gasteiger partial charge in [-0.2, -0.15) is 14.9 Å². The third-order valence-corrected chi connectivity index (χ3v) is 4.06. The zero-order chi connectivity index (χ0) is 16.9. The Morgan fingerprint density at radius 1 is 1.25 bits per heavy atom. The van der Waals surface area contributed by atoms with Gasteiger partial charge in [0.25, 0.3) is 0 Å². The summed E-state index contributed by atoms with van der Waals surface area (Å²) in [5.41, 5.74) is 1.90. The van der Waals surface area contributed by atoms with E-state index in [1.165, 1.54) is 0 Å². The van der Waals surface area contributed by atoms with Gasteiger partial charge in [0.2, 0.25) is 4.77 Å². The second-order valence-corrected chi connectivity index (χ2v) is 5.84. The summed E-state index contributed by atoms with van der Waals surface area (Å²) in [6.45, 7) is 0. The van der Waals surface area contributed by atoms with E-state index in [0.717, 1.165) is 16.9 Å². The second-order valence-electron chi connectivity index (χ2n) is 5.05. The van der Waals surface area contributed by atoms with E-state index < -0.39 is 0 Å². The maximum Gasteiger partial charge on any atom is 0.216 e. The zero-order valence-corrected chi connectivity index (χ0v) is 14.5. The average Bonchev–Trinajstić information content (AvgIpc) is 2.95. The van der Waals surface area contributed by atoms with Gasteiger partial charge in [-0.25, -0.2) is 0 Å². The van der Waals surface area contributed by atoms with Crippen molar-refractivity contribution in [1.29, 1.82) is 0 Å². The van der Waals surface area contributed by atoms with Gasteiger partial charge in [-0.1, -0.05) is 41.9 Å². The third-order valence-electron chi connectivity index (χ3n) is 3.46. The van der Waals surface area contributed by atoms with Crippen LogP contribution < -0.4 is 4.74 Å². The Hall–Kier alpha value is -2.44. The SMILES string of the molecule is COc1ccc(Cc2n[nH]c(=S)n2/N=C\c2ccccc2Cl)cc1. The Kier molecular flexibility index (Phi) is 5.08. The smallest absolute Gasteiger partial charge is 0.216 e. The number of methoxy groups -OCH3 is 1. The van der Waals surface area contributed by atoms with Gasteiger partial charge >= 0.3 is 0 Å². The Morgan fingerprint density at radius 2 is 2.00 bits per heavy atom. The van der Waals surface area contributed by atoms with Gasteiger partial charge in [0, 0.05) is 17.0 Å². The molecule has 1 aromatic heterocycles. The van der Waals surface area contributed by atoms with Crippen LogP contribution in [0.2, 0.25) is 5.02 Å². The fourth-order valence-electron chi connectivity index (χ4n) is 2.18. The number of aromatic amines is 1. The second kappa shape index (κ2) is 7.42. The highest BCUT2D eigenvalue weighted by molar-refractivity contribution is 7.71. The number of aromatic nitrogens is 3. The van der Waals surface area contributed by atoms with Crippen LogP contribution in [-0.4, -0.2) is 28.2 Å². The van der Waals surface area contributed by atoms with Gasteiger partial charge in [0.1, 0.15) is 5.75 Å². The first-order chi connectivity index (χ1) is 11.7. The number of H-pyrrole nitrogens is 1. The van der Waals surface area contributed by atoms with Crippen molar-refractivity contribution in [3.63, 3.8) is 0 Å². The largest absolute Gasteiger partial charge is 0.497 e. The fraction of sp³-hybridized carbons (Fsp3) is 0.118. The first-order valence-electron chi connectivity index (χ1n) is 7.25. The molecule has 2 aromatic carbocycles. The predicted octanol–water partition coefficient (Wildman–Crippen LogP) is 4.08. The van der Waals surface area contributed by atoms with E-state index in [-0.39, 0.29) is 0 Å². The predicted molar refractivity (Wildman–Crippen MR) is 97.7 cm³/mol. The number of nitrogens with zero attached hydrogens (tertiary/aromatic N) is 3. The van der Waals surface area contributed by atoms with Crippen LogP contribution in [0.25, 0.3) is 0 Å². The van der Waals surface area contributed by atoms with Gasteiger partial charge in [0.05, 0.1) is 13.3 Å². The molecule has 1 N–H and O–H groups in total. The topological polar surface area (TPSA) is 55.2 Å². The van der Waals surface area contributed by atoms with Crippen LogP contribution in [-0.2, 0) is 6.42 Å². The highest BCUT2D eigenvalue weighted by Gasteiger charge is 2.07. The molecular weight excluding hydrogens is 344 g/mol. The Morgan fingerprint density at radius 3 is 2.71 bits per heavy atom. The molecule has 0 atom stereocenters. The van der Waals surface area contributed by atoms with Crippen LogP contribution in [0.5, 0.6) is 5.75 Å². The molecule has 7 heteroatoms. The minimum absolute atomic E-state index is 0.432. The number of ether oxygens (including phenoxy) is 1. The average molecular weight is 359 g/mol. The molecule has 5 nitrogen and oxygen atoms in total. The number of nitrogens with one attached hydrogen (secondary N) is 1. The van der Waals surface area contributed by atoms with Gasteiger partial charge in [-0.3, -0.25) is 5.10 Å². The third kappa shape index (κ3) is 3.72. The number of rotatable bonds is 5. The summed E-state index contributed by atoms with van der Waals surface area (Å²) in [5, 5.41) is 12.1. The monoisotopic (exact) mass is 358 g/mol. The summed E-state index contributed by atoms with van der Waals surface area (Å²) in [7, 11) is 1.64. The van der Waals surface area contributed by atoms with E-state index >= 15 is 0 Å². The maximum absolute atomic E-state index is 6.14. The molecule has 0 radical (unpaired) electrons. The lowest BCUT2D eigenvalue weighted by molar-refractivity contribution is 0.414. The van der Waals surface area contributed by atoms with Crippen molar-refractivity contribution < 1.29 is 4.74 Å². The molecular formula is C17H15ClN4OS. The maximum atomic E-state index is 6.14. The summed E-state index contributed by atoms with van der Waals surface area (Å²) >= 11 is 11.4. The van der Waals surface area contributed by atoms with Crippen LogP contribution in [0.15, 0.2) is 53.6 Å². The van der Waals surface area contributed by atoms with E-state index in [2.05, 4.69) is 15.3 Å². The normalized spacial score (nSPS) is 11.1. The number of hydrogen-bond acceptors (Lipinski definition) is 4. The van der Waals surface area contributed by atoms with Crippen molar-refractivity contribution in [1.82, 2.24) is 14.9 Å². The fourth-order valence-corrected chi connectivity index (χ4v) is 2.57. The van der Waals surface area contributed by atoms with E-state index in [4.69, 9.17) is 28.6 Å². The lowest BCUT2D eigenvalue weighted by atomic mass is 10.1. The number of benzene rings is 2. The van der Waals surface area contributed by atoms with Crippen LogP contribution in [0.3, 0.4) is 0 Å². The molecule has 0 saturated heterocycles. The standard InChI is InChI=1S/C17H15ClN4OS/c1-23-14-8-6-12(7-9-14)10-16-20-21-17(24)22(16)19-11-13-4-2-3-5-15(13)18/h2-9,11H,10H2,1H3,(H,21,24)/b19-11-. The summed E-state index contributed by atoms with van der Waals surface area (Å²) in [5.74, 6) is 1.53. The highest BCUT2D eigenvalue weighted by atomic mass is 35.5. The first-order valence-corrected chi connectivity index (χ1v) is 8.04. The van der Waals surface area contributed by atoms with Gasteiger partial charge in [-0.15, -0.1) is 0 Å². The molecule has 0 amide bonds. The van der Waals surface area contributed by atoms with Crippen LogP contribution >= 0.6 is 23.8 Å². The highest BCUT2D eigenvalue weighted by Crippen LogP contribution is 2.15. The molecule has 0 aliphatic rings. The van der Waals surface area contributed by atoms with Crippen molar-refractivity contribution >= 4 is 30.0 Å².